The maximum Gasteiger partial charge on any atom is 0.411 e. The van der Waals surface area contributed by atoms with Crippen LogP contribution >= 0.6 is 0 Å². The first-order valence-corrected chi connectivity index (χ1v) is 7.36. The molecule has 0 radical (unpaired) electrons. The molecule has 1 saturated carbocycles. The smallest absolute Gasteiger partial charge is 0.411 e. The summed E-state index contributed by atoms with van der Waals surface area (Å²) in [4.78, 5) is 25.8. The van der Waals surface area contributed by atoms with E-state index in [4.69, 9.17) is 4.74 Å². The third kappa shape index (κ3) is 2.77. The van der Waals surface area contributed by atoms with Gasteiger partial charge in [0.2, 0.25) is 0 Å². The van der Waals surface area contributed by atoms with Gasteiger partial charge in [0.25, 0.3) is 0 Å². The number of nitrogens with zero attached hydrogens (tertiary/aromatic N) is 1. The third-order valence-electron chi connectivity index (χ3n) is 4.34. The molecule has 4 heteroatoms. The molecule has 2 rings (SSSR count). The minimum atomic E-state index is -0.598. The Morgan fingerprint density at radius 2 is 1.89 bits per heavy atom. The Labute approximate surface area is 115 Å². The molecule has 0 aromatic heterocycles. The summed E-state index contributed by atoms with van der Waals surface area (Å²) in [6.07, 6.45) is 6.82. The van der Waals surface area contributed by atoms with E-state index in [-0.39, 0.29) is 6.09 Å². The monoisotopic (exact) mass is 267 g/mol. The molecule has 0 aromatic rings. The quantitative estimate of drug-likeness (QED) is 0.722. The minimum Gasteiger partial charge on any atom is -0.444 e. The molecule has 0 aromatic carbocycles. The van der Waals surface area contributed by atoms with Crippen molar-refractivity contribution in [1.82, 2.24) is 4.90 Å². The van der Waals surface area contributed by atoms with E-state index in [0.29, 0.717) is 12.5 Å². The number of likely N-dealkylation sites (tertiary alicyclic amines) is 1. The van der Waals surface area contributed by atoms with Gasteiger partial charge in [-0.1, -0.05) is 12.8 Å². The van der Waals surface area contributed by atoms with E-state index in [2.05, 4.69) is 0 Å². The average molecular weight is 267 g/mol. The number of amides is 1. The molecule has 2 fully saturated rings. The van der Waals surface area contributed by atoms with Crippen molar-refractivity contribution in [3.8, 4) is 0 Å². The van der Waals surface area contributed by atoms with Crippen molar-refractivity contribution < 1.29 is 14.3 Å². The van der Waals surface area contributed by atoms with Crippen molar-refractivity contribution in [3.63, 3.8) is 0 Å². The summed E-state index contributed by atoms with van der Waals surface area (Å²) in [5, 5.41) is 0. The second-order valence-corrected chi connectivity index (χ2v) is 6.83. The van der Waals surface area contributed by atoms with Gasteiger partial charge < -0.3 is 9.53 Å². The Morgan fingerprint density at radius 1 is 1.26 bits per heavy atom. The summed E-state index contributed by atoms with van der Waals surface area (Å²) in [6, 6.07) is 0. The van der Waals surface area contributed by atoms with E-state index in [1.165, 1.54) is 12.8 Å². The predicted octanol–water partition coefficient (Wildman–Crippen LogP) is 3.15. The molecule has 0 bridgehead atoms. The predicted molar refractivity (Wildman–Crippen MR) is 72.9 cm³/mol. The molecule has 1 atom stereocenters. The SMILES string of the molecule is CC(C)(C)OC(=O)N1CCCC1(C=O)C1CCCC1. The van der Waals surface area contributed by atoms with E-state index < -0.39 is 11.1 Å². The van der Waals surface area contributed by atoms with E-state index >= 15 is 0 Å². The fraction of sp³-hybridized carbons (Fsp3) is 0.867. The van der Waals surface area contributed by atoms with E-state index in [1.54, 1.807) is 4.90 Å². The van der Waals surface area contributed by atoms with Gasteiger partial charge >= 0.3 is 6.09 Å². The van der Waals surface area contributed by atoms with Crippen LogP contribution in [0.2, 0.25) is 0 Å². The molecule has 1 saturated heterocycles. The molecule has 1 aliphatic heterocycles. The van der Waals surface area contributed by atoms with Crippen LogP contribution in [0, 0.1) is 5.92 Å². The van der Waals surface area contributed by atoms with Crippen LogP contribution in [0.5, 0.6) is 0 Å². The molecular weight excluding hydrogens is 242 g/mol. The zero-order chi connectivity index (χ0) is 14.1. The summed E-state index contributed by atoms with van der Waals surface area (Å²) in [5.41, 5.74) is -1.11. The van der Waals surface area contributed by atoms with Crippen LogP contribution in [0.25, 0.3) is 0 Å². The Balaban J connectivity index is 2.18. The molecule has 1 unspecified atom stereocenters. The standard InChI is InChI=1S/C15H25NO3/c1-14(2,3)19-13(18)16-10-6-9-15(16,11-17)12-7-4-5-8-12/h11-12H,4-10H2,1-3H3. The molecule has 19 heavy (non-hydrogen) atoms. The summed E-state index contributed by atoms with van der Waals surface area (Å²) in [7, 11) is 0. The minimum absolute atomic E-state index is 0.319. The molecule has 1 amide bonds. The fourth-order valence-corrected chi connectivity index (χ4v) is 3.51. The number of hydrogen-bond donors (Lipinski definition) is 0. The highest BCUT2D eigenvalue weighted by molar-refractivity contribution is 5.78. The first-order valence-electron chi connectivity index (χ1n) is 7.36. The molecule has 1 heterocycles. The van der Waals surface area contributed by atoms with Gasteiger partial charge in [0, 0.05) is 6.54 Å². The molecule has 1 aliphatic carbocycles. The van der Waals surface area contributed by atoms with Crippen molar-refractivity contribution in [2.24, 2.45) is 5.92 Å². The second-order valence-electron chi connectivity index (χ2n) is 6.83. The van der Waals surface area contributed by atoms with Crippen molar-refractivity contribution in [3.05, 3.63) is 0 Å². The van der Waals surface area contributed by atoms with Crippen molar-refractivity contribution in [2.45, 2.75) is 70.4 Å². The zero-order valence-electron chi connectivity index (χ0n) is 12.3. The Morgan fingerprint density at radius 3 is 2.42 bits per heavy atom. The molecule has 0 N–H and O–H groups in total. The number of carbonyl (C=O) groups excluding carboxylic acids is 2. The van der Waals surface area contributed by atoms with Gasteiger partial charge in [0.05, 0.1) is 0 Å². The van der Waals surface area contributed by atoms with Crippen molar-refractivity contribution in [2.75, 3.05) is 6.54 Å². The average Bonchev–Trinajstić information content (AvgIpc) is 2.96. The lowest BCUT2D eigenvalue weighted by Crippen LogP contribution is -2.54. The summed E-state index contributed by atoms with van der Waals surface area (Å²) < 4.78 is 5.47. The molecular formula is C15H25NO3. The molecule has 0 spiro atoms. The fourth-order valence-electron chi connectivity index (χ4n) is 3.51. The van der Waals surface area contributed by atoms with Gasteiger partial charge in [-0.2, -0.15) is 0 Å². The van der Waals surface area contributed by atoms with Gasteiger partial charge in [-0.15, -0.1) is 0 Å². The van der Waals surface area contributed by atoms with Crippen LogP contribution in [0.4, 0.5) is 4.79 Å². The largest absolute Gasteiger partial charge is 0.444 e. The summed E-state index contributed by atoms with van der Waals surface area (Å²) >= 11 is 0. The highest BCUT2D eigenvalue weighted by Crippen LogP contribution is 2.43. The Bertz CT molecular complexity index is 355. The highest BCUT2D eigenvalue weighted by atomic mass is 16.6. The van der Waals surface area contributed by atoms with E-state index in [1.807, 2.05) is 20.8 Å². The van der Waals surface area contributed by atoms with Gasteiger partial charge in [0.1, 0.15) is 17.4 Å². The lowest BCUT2D eigenvalue weighted by molar-refractivity contribution is -0.120. The molecule has 2 aliphatic rings. The highest BCUT2D eigenvalue weighted by Gasteiger charge is 2.50. The lowest BCUT2D eigenvalue weighted by atomic mass is 9.81. The van der Waals surface area contributed by atoms with Crippen LogP contribution < -0.4 is 0 Å². The third-order valence-corrected chi connectivity index (χ3v) is 4.34. The maximum absolute atomic E-state index is 12.3. The van der Waals surface area contributed by atoms with Gasteiger partial charge in [-0.05, 0) is 52.4 Å². The first kappa shape index (κ1) is 14.4. The van der Waals surface area contributed by atoms with Crippen molar-refractivity contribution >= 4 is 12.4 Å². The number of ether oxygens (including phenoxy) is 1. The van der Waals surface area contributed by atoms with Crippen molar-refractivity contribution in [1.29, 1.82) is 0 Å². The number of carbonyl (C=O) groups is 2. The summed E-state index contributed by atoms with van der Waals surface area (Å²) in [6.45, 7) is 6.22. The second kappa shape index (κ2) is 5.14. The lowest BCUT2D eigenvalue weighted by Gasteiger charge is -2.39. The molecule has 4 nitrogen and oxygen atoms in total. The Kier molecular flexibility index (Phi) is 3.88. The normalized spacial score (nSPS) is 28.7. The Hall–Kier alpha value is -1.06. The van der Waals surface area contributed by atoms with Crippen LogP contribution in [0.3, 0.4) is 0 Å². The number of rotatable bonds is 2. The van der Waals surface area contributed by atoms with Gasteiger partial charge in [-0.25, -0.2) is 4.79 Å². The van der Waals surface area contributed by atoms with Crippen LogP contribution in [-0.4, -0.2) is 35.0 Å². The van der Waals surface area contributed by atoms with Crippen LogP contribution in [0.15, 0.2) is 0 Å². The van der Waals surface area contributed by atoms with Gasteiger partial charge in [-0.3, -0.25) is 4.90 Å². The molecule has 108 valence electrons. The van der Waals surface area contributed by atoms with E-state index in [0.717, 1.165) is 32.0 Å². The van der Waals surface area contributed by atoms with Crippen LogP contribution in [-0.2, 0) is 9.53 Å². The first-order chi connectivity index (χ1) is 8.89. The van der Waals surface area contributed by atoms with E-state index in [9.17, 15) is 9.59 Å². The summed E-state index contributed by atoms with van der Waals surface area (Å²) in [5.74, 6) is 0.319. The van der Waals surface area contributed by atoms with Gasteiger partial charge in [0.15, 0.2) is 0 Å². The number of aldehydes is 1. The number of hydrogen-bond acceptors (Lipinski definition) is 3. The maximum atomic E-state index is 12.3. The zero-order valence-corrected chi connectivity index (χ0v) is 12.3. The van der Waals surface area contributed by atoms with Crippen LogP contribution in [0.1, 0.15) is 59.3 Å². The topological polar surface area (TPSA) is 46.6 Å².